The molecular formula is C23H23NO2. The van der Waals surface area contributed by atoms with Gasteiger partial charge < -0.3 is 10.0 Å². The number of aromatic carboxylic acids is 1. The molecule has 3 aromatic rings. The second kappa shape index (κ2) is 7.87. The Morgan fingerprint density at radius 1 is 0.769 bits per heavy atom. The third kappa shape index (κ3) is 3.77. The summed E-state index contributed by atoms with van der Waals surface area (Å²) >= 11 is 0. The summed E-state index contributed by atoms with van der Waals surface area (Å²) in [4.78, 5) is 13.3. The van der Waals surface area contributed by atoms with Gasteiger partial charge >= 0.3 is 5.97 Å². The third-order valence-corrected chi connectivity index (χ3v) is 4.53. The molecule has 3 heteroatoms. The van der Waals surface area contributed by atoms with Crippen molar-refractivity contribution in [3.8, 4) is 0 Å². The number of hydrogen-bond donors (Lipinski definition) is 1. The van der Waals surface area contributed by atoms with Crippen LogP contribution in [0.2, 0.25) is 0 Å². The highest BCUT2D eigenvalue weighted by atomic mass is 16.4. The molecule has 0 amide bonds. The van der Waals surface area contributed by atoms with Gasteiger partial charge in [-0.2, -0.15) is 0 Å². The number of nitrogens with zero attached hydrogens (tertiary/aromatic N) is 1. The highest BCUT2D eigenvalue weighted by Crippen LogP contribution is 2.35. The molecule has 0 saturated carbocycles. The number of aryl methyl sites for hydroxylation is 2. The lowest BCUT2D eigenvalue weighted by Crippen LogP contribution is -2.11. The Bertz CT molecular complexity index is 853. The van der Waals surface area contributed by atoms with Crippen molar-refractivity contribution < 1.29 is 9.90 Å². The minimum Gasteiger partial charge on any atom is -0.478 e. The molecule has 1 N–H and O–H groups in total. The van der Waals surface area contributed by atoms with Crippen molar-refractivity contribution >= 4 is 23.0 Å². The minimum absolute atomic E-state index is 0.290. The smallest absolute Gasteiger partial charge is 0.335 e. The molecule has 3 rings (SSSR count). The molecule has 0 unspecified atom stereocenters. The molecule has 0 radical (unpaired) electrons. The minimum atomic E-state index is -0.913. The van der Waals surface area contributed by atoms with Gasteiger partial charge in [0.25, 0.3) is 0 Å². The topological polar surface area (TPSA) is 40.5 Å². The van der Waals surface area contributed by atoms with E-state index in [1.165, 1.54) is 11.1 Å². The summed E-state index contributed by atoms with van der Waals surface area (Å²) in [6.07, 6.45) is 1.93. The molecule has 0 heterocycles. The monoisotopic (exact) mass is 345 g/mol. The summed E-state index contributed by atoms with van der Waals surface area (Å²) in [5.41, 5.74) is 5.90. The zero-order valence-electron chi connectivity index (χ0n) is 15.1. The van der Waals surface area contributed by atoms with Crippen LogP contribution in [-0.4, -0.2) is 11.1 Å². The predicted octanol–water partition coefficient (Wildman–Crippen LogP) is 5.98. The Balaban J connectivity index is 2.12. The van der Waals surface area contributed by atoms with Gasteiger partial charge in [0, 0.05) is 17.1 Å². The van der Waals surface area contributed by atoms with Gasteiger partial charge in [-0.3, -0.25) is 0 Å². The standard InChI is InChI=1S/C23H23NO2/c1-3-17-7-5-9-21(15-17)24(22-10-6-8-18(4-2)16-22)20-13-11-19(12-14-20)23(25)26/h5-16H,3-4H2,1-2H3,(H,25,26). The van der Waals surface area contributed by atoms with Crippen molar-refractivity contribution in [3.05, 3.63) is 89.5 Å². The Hall–Kier alpha value is -3.07. The quantitative estimate of drug-likeness (QED) is 0.597. The maximum Gasteiger partial charge on any atom is 0.335 e. The van der Waals surface area contributed by atoms with Crippen LogP contribution >= 0.6 is 0 Å². The van der Waals surface area contributed by atoms with E-state index in [1.54, 1.807) is 12.1 Å². The largest absolute Gasteiger partial charge is 0.478 e. The summed E-state index contributed by atoms with van der Waals surface area (Å²) in [5, 5.41) is 9.17. The van der Waals surface area contributed by atoms with Crippen molar-refractivity contribution in [2.45, 2.75) is 26.7 Å². The first-order chi connectivity index (χ1) is 12.6. The molecule has 0 fully saturated rings. The molecule has 0 aliphatic heterocycles. The predicted molar refractivity (Wildman–Crippen MR) is 107 cm³/mol. The molecule has 0 atom stereocenters. The number of carboxylic acid groups (broad SMARTS) is 1. The molecule has 132 valence electrons. The van der Waals surface area contributed by atoms with Gasteiger partial charge in [0.2, 0.25) is 0 Å². The average Bonchev–Trinajstić information content (AvgIpc) is 2.69. The normalized spacial score (nSPS) is 10.5. The number of hydrogen-bond acceptors (Lipinski definition) is 2. The highest BCUT2D eigenvalue weighted by molar-refractivity contribution is 5.88. The fourth-order valence-corrected chi connectivity index (χ4v) is 3.03. The number of rotatable bonds is 6. The van der Waals surface area contributed by atoms with Crippen molar-refractivity contribution in [2.75, 3.05) is 4.90 Å². The van der Waals surface area contributed by atoms with Crippen molar-refractivity contribution in [3.63, 3.8) is 0 Å². The van der Waals surface area contributed by atoms with E-state index < -0.39 is 5.97 Å². The Labute approximate surface area is 154 Å². The molecule has 26 heavy (non-hydrogen) atoms. The van der Waals surface area contributed by atoms with E-state index in [2.05, 4.69) is 67.3 Å². The lowest BCUT2D eigenvalue weighted by molar-refractivity contribution is 0.0697. The first-order valence-corrected chi connectivity index (χ1v) is 8.93. The van der Waals surface area contributed by atoms with E-state index in [0.29, 0.717) is 5.56 Å². The molecule has 0 saturated heterocycles. The highest BCUT2D eigenvalue weighted by Gasteiger charge is 2.14. The maximum atomic E-state index is 11.2. The van der Waals surface area contributed by atoms with Gasteiger partial charge in [-0.1, -0.05) is 38.1 Å². The van der Waals surface area contributed by atoms with Gasteiger partial charge in [0.15, 0.2) is 0 Å². The van der Waals surface area contributed by atoms with E-state index in [9.17, 15) is 9.90 Å². The molecule has 3 nitrogen and oxygen atoms in total. The molecule has 0 bridgehead atoms. The molecular weight excluding hydrogens is 322 g/mol. The average molecular weight is 345 g/mol. The summed E-state index contributed by atoms with van der Waals surface area (Å²) in [6, 6.07) is 23.9. The van der Waals surface area contributed by atoms with Gasteiger partial charge in [-0.25, -0.2) is 4.79 Å². The third-order valence-electron chi connectivity index (χ3n) is 4.53. The second-order valence-electron chi connectivity index (χ2n) is 6.23. The van der Waals surface area contributed by atoms with Crippen LogP contribution in [0, 0.1) is 0 Å². The van der Waals surface area contributed by atoms with Gasteiger partial charge in [-0.15, -0.1) is 0 Å². The van der Waals surface area contributed by atoms with Crippen molar-refractivity contribution in [1.82, 2.24) is 0 Å². The van der Waals surface area contributed by atoms with E-state index in [-0.39, 0.29) is 0 Å². The molecule has 0 aromatic heterocycles. The SMILES string of the molecule is CCc1cccc(N(c2ccc(C(=O)O)cc2)c2cccc(CC)c2)c1. The fraction of sp³-hybridized carbons (Fsp3) is 0.174. The maximum absolute atomic E-state index is 11.2. The zero-order chi connectivity index (χ0) is 18.5. The van der Waals surface area contributed by atoms with Crippen LogP contribution < -0.4 is 4.90 Å². The summed E-state index contributed by atoms with van der Waals surface area (Å²) in [5.74, 6) is -0.913. The lowest BCUT2D eigenvalue weighted by atomic mass is 10.1. The number of carbonyl (C=O) groups is 1. The van der Waals surface area contributed by atoms with Gasteiger partial charge in [-0.05, 0) is 72.5 Å². The number of carboxylic acids is 1. The molecule has 0 aliphatic rings. The van der Waals surface area contributed by atoms with E-state index in [1.807, 2.05) is 12.1 Å². The lowest BCUT2D eigenvalue weighted by Gasteiger charge is -2.26. The molecule has 3 aromatic carbocycles. The summed E-state index contributed by atoms with van der Waals surface area (Å²) in [6.45, 7) is 4.28. The van der Waals surface area contributed by atoms with E-state index >= 15 is 0 Å². The first-order valence-electron chi connectivity index (χ1n) is 8.93. The van der Waals surface area contributed by atoms with Gasteiger partial charge in [0.1, 0.15) is 0 Å². The molecule has 0 aliphatic carbocycles. The van der Waals surface area contributed by atoms with Crippen LogP contribution in [0.5, 0.6) is 0 Å². The Kier molecular flexibility index (Phi) is 5.37. The van der Waals surface area contributed by atoms with Crippen LogP contribution in [0.1, 0.15) is 35.3 Å². The fourth-order valence-electron chi connectivity index (χ4n) is 3.03. The van der Waals surface area contributed by atoms with E-state index in [4.69, 9.17) is 0 Å². The van der Waals surface area contributed by atoms with Crippen molar-refractivity contribution in [1.29, 1.82) is 0 Å². The summed E-state index contributed by atoms with van der Waals surface area (Å²) in [7, 11) is 0. The van der Waals surface area contributed by atoms with Crippen molar-refractivity contribution in [2.24, 2.45) is 0 Å². The Morgan fingerprint density at radius 2 is 1.27 bits per heavy atom. The Morgan fingerprint density at radius 3 is 1.69 bits per heavy atom. The number of anilines is 3. The van der Waals surface area contributed by atoms with Crippen LogP contribution in [-0.2, 0) is 12.8 Å². The molecule has 0 spiro atoms. The zero-order valence-corrected chi connectivity index (χ0v) is 15.1. The second-order valence-corrected chi connectivity index (χ2v) is 6.23. The summed E-state index contributed by atoms with van der Waals surface area (Å²) < 4.78 is 0. The first kappa shape index (κ1) is 17.7. The van der Waals surface area contributed by atoms with Crippen LogP contribution in [0.4, 0.5) is 17.1 Å². The van der Waals surface area contributed by atoms with Crippen LogP contribution in [0.25, 0.3) is 0 Å². The van der Waals surface area contributed by atoms with Gasteiger partial charge in [0.05, 0.1) is 5.56 Å². The number of benzene rings is 3. The van der Waals surface area contributed by atoms with Crippen LogP contribution in [0.3, 0.4) is 0 Å². The van der Waals surface area contributed by atoms with Crippen LogP contribution in [0.15, 0.2) is 72.8 Å². The van der Waals surface area contributed by atoms with E-state index in [0.717, 1.165) is 29.9 Å².